The molecule has 39 heavy (non-hydrogen) atoms. The number of aromatic nitrogens is 2. The van der Waals surface area contributed by atoms with Gasteiger partial charge in [-0.25, -0.2) is 0 Å². The number of ether oxygens (including phenoxy) is 1. The summed E-state index contributed by atoms with van der Waals surface area (Å²) in [5.74, 6) is 0. The van der Waals surface area contributed by atoms with Gasteiger partial charge in [0.2, 0.25) is 0 Å². The van der Waals surface area contributed by atoms with E-state index in [0.717, 1.165) is 67.3 Å². The number of rotatable bonds is 9. The van der Waals surface area contributed by atoms with E-state index in [2.05, 4.69) is 104 Å². The summed E-state index contributed by atoms with van der Waals surface area (Å²) in [6, 6.07) is 25.8. The monoisotopic (exact) mass is 518 g/mol. The number of fused-ring (bicyclic) bond motifs is 3. The van der Waals surface area contributed by atoms with Crippen LogP contribution in [-0.4, -0.2) is 15.4 Å². The SMILES string of the molecule is CCCCn1c(C)c(C2(c3c(C)n(CCCC)c4ccccc34)OC(C=O)c3ccccc32)c2ccccc21. The molecule has 3 heterocycles. The average Bonchev–Trinajstić information content (AvgIpc) is 3.55. The van der Waals surface area contributed by atoms with Crippen molar-refractivity contribution in [1.29, 1.82) is 0 Å². The fourth-order valence-corrected chi connectivity index (χ4v) is 6.96. The van der Waals surface area contributed by atoms with E-state index in [0.29, 0.717) is 0 Å². The summed E-state index contributed by atoms with van der Waals surface area (Å²) in [4.78, 5) is 12.6. The van der Waals surface area contributed by atoms with Crippen LogP contribution in [0.5, 0.6) is 0 Å². The number of hydrogen-bond donors (Lipinski definition) is 0. The number of para-hydroxylation sites is 2. The van der Waals surface area contributed by atoms with Crippen LogP contribution < -0.4 is 0 Å². The highest BCUT2D eigenvalue weighted by atomic mass is 16.5. The lowest BCUT2D eigenvalue weighted by atomic mass is 9.77. The predicted octanol–water partition coefficient (Wildman–Crippen LogP) is 8.38. The fourth-order valence-electron chi connectivity index (χ4n) is 6.96. The van der Waals surface area contributed by atoms with E-state index in [-0.39, 0.29) is 0 Å². The second-order valence-corrected chi connectivity index (χ2v) is 10.9. The molecule has 1 aliphatic rings. The number of hydrogen-bond acceptors (Lipinski definition) is 2. The molecule has 4 heteroatoms. The zero-order valence-electron chi connectivity index (χ0n) is 23.5. The van der Waals surface area contributed by atoms with Gasteiger partial charge in [-0.1, -0.05) is 87.4 Å². The number of nitrogens with zero attached hydrogens (tertiary/aromatic N) is 2. The molecule has 0 spiro atoms. The summed E-state index contributed by atoms with van der Waals surface area (Å²) < 4.78 is 12.1. The Hall–Kier alpha value is -3.63. The molecule has 0 radical (unpaired) electrons. The minimum atomic E-state index is -0.912. The Bertz CT molecular complexity index is 1580. The Morgan fingerprint density at radius 1 is 0.744 bits per heavy atom. The van der Waals surface area contributed by atoms with Gasteiger partial charge in [0.25, 0.3) is 0 Å². The van der Waals surface area contributed by atoms with Crippen LogP contribution in [0.4, 0.5) is 0 Å². The third kappa shape index (κ3) is 3.72. The lowest BCUT2D eigenvalue weighted by molar-refractivity contribution is -0.122. The summed E-state index contributed by atoms with van der Waals surface area (Å²) in [7, 11) is 0. The van der Waals surface area contributed by atoms with Crippen molar-refractivity contribution in [2.24, 2.45) is 0 Å². The molecule has 1 aliphatic heterocycles. The number of carbonyl (C=O) groups is 1. The molecule has 0 N–H and O–H groups in total. The molecule has 4 nitrogen and oxygen atoms in total. The Balaban J connectivity index is 1.78. The van der Waals surface area contributed by atoms with Crippen molar-refractivity contribution in [2.75, 3.05) is 0 Å². The maximum atomic E-state index is 12.6. The molecular weight excluding hydrogens is 480 g/mol. The average molecular weight is 519 g/mol. The minimum absolute atomic E-state index is 0.629. The van der Waals surface area contributed by atoms with Gasteiger partial charge in [-0.05, 0) is 49.9 Å². The lowest BCUT2D eigenvalue weighted by Gasteiger charge is -2.33. The highest BCUT2D eigenvalue weighted by Crippen LogP contribution is 2.56. The smallest absolute Gasteiger partial charge is 0.153 e. The van der Waals surface area contributed by atoms with E-state index in [9.17, 15) is 4.79 Å². The standard InChI is InChI=1S/C35H38N2O2/c1-5-7-21-36-24(3)33(27-16-10-13-19-30(27)36)35(29-18-12-9-15-26(29)32(23-38)39-35)34-25(4)37(22-8-6-2)31-20-14-11-17-28(31)34/h9-20,23,32H,5-8,21-22H2,1-4H3. The van der Waals surface area contributed by atoms with Gasteiger partial charge in [0.15, 0.2) is 6.29 Å². The first-order valence-corrected chi connectivity index (χ1v) is 14.5. The molecule has 0 aliphatic carbocycles. The third-order valence-corrected chi connectivity index (χ3v) is 8.71. The number of aldehydes is 1. The summed E-state index contributed by atoms with van der Waals surface area (Å²) in [5, 5.41) is 2.38. The van der Waals surface area contributed by atoms with Crippen LogP contribution in [-0.2, 0) is 28.2 Å². The van der Waals surface area contributed by atoms with Gasteiger partial charge in [-0.15, -0.1) is 0 Å². The first-order chi connectivity index (χ1) is 19.1. The van der Waals surface area contributed by atoms with Crippen LogP contribution in [0, 0.1) is 13.8 Å². The van der Waals surface area contributed by atoms with E-state index in [4.69, 9.17) is 4.74 Å². The summed E-state index contributed by atoms with van der Waals surface area (Å²) in [6.45, 7) is 10.9. The molecule has 1 atom stereocenters. The van der Waals surface area contributed by atoms with Crippen molar-refractivity contribution in [3.8, 4) is 0 Å². The highest BCUT2D eigenvalue weighted by Gasteiger charge is 2.52. The first kappa shape index (κ1) is 25.6. The van der Waals surface area contributed by atoms with E-state index in [1.54, 1.807) is 0 Å². The van der Waals surface area contributed by atoms with Gasteiger partial charge < -0.3 is 18.7 Å². The lowest BCUT2D eigenvalue weighted by Crippen LogP contribution is -2.31. The number of aryl methyl sites for hydroxylation is 2. The van der Waals surface area contributed by atoms with Crippen LogP contribution in [0.2, 0.25) is 0 Å². The maximum absolute atomic E-state index is 12.6. The molecule has 0 saturated heterocycles. The Morgan fingerprint density at radius 2 is 1.23 bits per heavy atom. The largest absolute Gasteiger partial charge is 0.345 e. The fraction of sp³-hybridized carbons (Fsp3) is 0.343. The molecule has 2 aromatic heterocycles. The zero-order chi connectivity index (χ0) is 27.1. The molecule has 6 rings (SSSR count). The minimum Gasteiger partial charge on any atom is -0.345 e. The van der Waals surface area contributed by atoms with Gasteiger partial charge >= 0.3 is 0 Å². The topological polar surface area (TPSA) is 36.2 Å². The molecule has 5 aromatic rings. The van der Waals surface area contributed by atoms with Crippen molar-refractivity contribution in [2.45, 2.75) is 78.2 Å². The van der Waals surface area contributed by atoms with Crippen molar-refractivity contribution < 1.29 is 9.53 Å². The third-order valence-electron chi connectivity index (χ3n) is 8.71. The summed E-state index contributed by atoms with van der Waals surface area (Å²) in [6.07, 6.45) is 4.81. The van der Waals surface area contributed by atoms with Crippen molar-refractivity contribution in [3.63, 3.8) is 0 Å². The second kappa shape index (κ2) is 10.2. The van der Waals surface area contributed by atoms with Crippen LogP contribution in [0.15, 0.2) is 72.8 Å². The molecular formula is C35H38N2O2. The van der Waals surface area contributed by atoms with E-state index < -0.39 is 11.7 Å². The Kier molecular flexibility index (Phi) is 6.68. The molecule has 0 fully saturated rings. The van der Waals surface area contributed by atoms with E-state index in [1.807, 2.05) is 6.07 Å². The zero-order valence-corrected chi connectivity index (χ0v) is 23.5. The first-order valence-electron chi connectivity index (χ1n) is 14.5. The quantitative estimate of drug-likeness (QED) is 0.184. The highest BCUT2D eigenvalue weighted by molar-refractivity contribution is 5.93. The molecule has 3 aromatic carbocycles. The van der Waals surface area contributed by atoms with Crippen LogP contribution in [0.3, 0.4) is 0 Å². The van der Waals surface area contributed by atoms with E-state index in [1.165, 1.54) is 33.2 Å². The molecule has 0 bridgehead atoms. The maximum Gasteiger partial charge on any atom is 0.153 e. The van der Waals surface area contributed by atoms with Crippen LogP contribution >= 0.6 is 0 Å². The number of unbranched alkanes of at least 4 members (excludes halogenated alkanes) is 2. The van der Waals surface area contributed by atoms with Crippen molar-refractivity contribution >= 4 is 28.1 Å². The van der Waals surface area contributed by atoms with Gasteiger partial charge in [0.05, 0.1) is 0 Å². The molecule has 1 unspecified atom stereocenters. The van der Waals surface area contributed by atoms with E-state index >= 15 is 0 Å². The Labute approximate surface area is 231 Å². The van der Waals surface area contributed by atoms with Crippen LogP contribution in [0.25, 0.3) is 21.8 Å². The van der Waals surface area contributed by atoms with Crippen molar-refractivity contribution in [3.05, 3.63) is 106 Å². The number of benzene rings is 3. The predicted molar refractivity (Wildman–Crippen MR) is 159 cm³/mol. The summed E-state index contributed by atoms with van der Waals surface area (Å²) in [5.41, 5.74) is 8.30. The molecule has 0 amide bonds. The normalized spacial score (nSPS) is 16.3. The number of carbonyl (C=O) groups excluding carboxylic acids is 1. The second-order valence-electron chi connectivity index (χ2n) is 10.9. The van der Waals surface area contributed by atoms with Crippen LogP contribution in [0.1, 0.15) is 79.3 Å². The van der Waals surface area contributed by atoms with Gasteiger partial charge in [0.1, 0.15) is 11.7 Å². The Morgan fingerprint density at radius 3 is 1.74 bits per heavy atom. The van der Waals surface area contributed by atoms with Gasteiger partial charge in [0, 0.05) is 57.4 Å². The summed E-state index contributed by atoms with van der Waals surface area (Å²) >= 11 is 0. The molecule has 200 valence electrons. The molecule has 0 saturated carbocycles. The van der Waals surface area contributed by atoms with Gasteiger partial charge in [-0.3, -0.25) is 0 Å². The van der Waals surface area contributed by atoms with Crippen molar-refractivity contribution in [1.82, 2.24) is 9.13 Å². The van der Waals surface area contributed by atoms with Gasteiger partial charge in [-0.2, -0.15) is 0 Å².